The van der Waals surface area contributed by atoms with Crippen molar-refractivity contribution in [3.8, 4) is 10.4 Å². The van der Waals surface area contributed by atoms with E-state index in [1.54, 1.807) is 0 Å². The van der Waals surface area contributed by atoms with Gasteiger partial charge in [-0.3, -0.25) is 9.59 Å². The summed E-state index contributed by atoms with van der Waals surface area (Å²) in [7, 11) is 0. The third kappa shape index (κ3) is 5.08. The summed E-state index contributed by atoms with van der Waals surface area (Å²) in [6.45, 7) is 9.97. The number of hydrogen-bond donors (Lipinski definition) is 2. The SMILES string of the molecule is [C-]#[N+]/C(=C\c1ccc(-c2ccc3c(c2)c2c4ccccc4ccc2n3CC)s1)C(=O)N(CC(=O)O)c1ccc(C(=O)O)cc1. The number of thiophene rings is 1. The fraction of sp³-hybridized carbons (Fsp3) is 0.0857. The Morgan fingerprint density at radius 3 is 2.36 bits per heavy atom. The minimum atomic E-state index is -1.27. The summed E-state index contributed by atoms with van der Waals surface area (Å²) in [6.07, 6.45) is 1.46. The Bertz CT molecular complexity index is 2180. The van der Waals surface area contributed by atoms with E-state index in [0.717, 1.165) is 32.8 Å². The summed E-state index contributed by atoms with van der Waals surface area (Å²) >= 11 is 1.42. The van der Waals surface area contributed by atoms with Crippen LogP contribution in [0, 0.1) is 6.57 Å². The summed E-state index contributed by atoms with van der Waals surface area (Å²) in [4.78, 5) is 42.2. The summed E-state index contributed by atoms with van der Waals surface area (Å²) in [6, 6.07) is 28.1. The zero-order valence-corrected chi connectivity index (χ0v) is 24.3. The number of anilines is 1. The van der Waals surface area contributed by atoms with E-state index in [-0.39, 0.29) is 16.9 Å². The molecule has 0 aliphatic rings. The van der Waals surface area contributed by atoms with Crippen LogP contribution in [0.1, 0.15) is 22.2 Å². The Morgan fingerprint density at radius 2 is 1.66 bits per heavy atom. The van der Waals surface area contributed by atoms with Crippen molar-refractivity contribution in [1.29, 1.82) is 0 Å². The van der Waals surface area contributed by atoms with Crippen LogP contribution in [0.15, 0.2) is 96.7 Å². The van der Waals surface area contributed by atoms with Crippen LogP contribution in [0.4, 0.5) is 5.69 Å². The second-order valence-electron chi connectivity index (χ2n) is 10.1. The van der Waals surface area contributed by atoms with Gasteiger partial charge in [-0.1, -0.05) is 36.4 Å². The Labute approximate surface area is 256 Å². The van der Waals surface area contributed by atoms with Gasteiger partial charge in [-0.25, -0.2) is 9.64 Å². The van der Waals surface area contributed by atoms with Crippen molar-refractivity contribution in [2.75, 3.05) is 11.4 Å². The van der Waals surface area contributed by atoms with E-state index in [1.165, 1.54) is 63.4 Å². The van der Waals surface area contributed by atoms with E-state index in [0.29, 0.717) is 4.88 Å². The van der Waals surface area contributed by atoms with Crippen LogP contribution < -0.4 is 4.90 Å². The van der Waals surface area contributed by atoms with Gasteiger partial charge in [-0.05, 0) is 83.9 Å². The van der Waals surface area contributed by atoms with Crippen LogP contribution in [0.3, 0.4) is 0 Å². The van der Waals surface area contributed by atoms with E-state index >= 15 is 0 Å². The van der Waals surface area contributed by atoms with Crippen molar-refractivity contribution in [2.45, 2.75) is 13.5 Å². The molecule has 2 aromatic heterocycles. The first-order valence-electron chi connectivity index (χ1n) is 13.8. The van der Waals surface area contributed by atoms with Crippen LogP contribution in [0.5, 0.6) is 0 Å². The molecule has 0 saturated carbocycles. The molecule has 0 atom stereocenters. The molecule has 0 radical (unpaired) electrons. The Balaban J connectivity index is 1.37. The summed E-state index contributed by atoms with van der Waals surface area (Å²) in [5, 5.41) is 23.3. The van der Waals surface area contributed by atoms with Crippen LogP contribution in [0.25, 0.3) is 53.9 Å². The molecule has 0 unspecified atom stereocenters. The minimum Gasteiger partial charge on any atom is -0.480 e. The molecule has 6 rings (SSSR count). The number of amides is 1. The number of aromatic carboxylic acids is 1. The van der Waals surface area contributed by atoms with Gasteiger partial charge in [0.05, 0.1) is 12.1 Å². The second kappa shape index (κ2) is 11.5. The highest BCUT2D eigenvalue weighted by Crippen LogP contribution is 2.38. The first-order chi connectivity index (χ1) is 21.3. The van der Waals surface area contributed by atoms with E-state index in [4.69, 9.17) is 6.57 Å². The fourth-order valence-corrected chi connectivity index (χ4v) is 6.50. The molecule has 0 fully saturated rings. The molecule has 0 spiro atoms. The number of aliphatic carboxylic acids is 1. The lowest BCUT2D eigenvalue weighted by Crippen LogP contribution is -2.36. The van der Waals surface area contributed by atoms with Gasteiger partial charge in [0.1, 0.15) is 6.54 Å². The molecule has 1 amide bonds. The number of benzene rings is 4. The number of carbonyl (C=O) groups is 3. The monoisotopic (exact) mass is 599 g/mol. The first-order valence-corrected chi connectivity index (χ1v) is 14.6. The highest BCUT2D eigenvalue weighted by atomic mass is 32.1. The number of fused-ring (bicyclic) bond motifs is 5. The highest BCUT2D eigenvalue weighted by molar-refractivity contribution is 7.16. The van der Waals surface area contributed by atoms with Crippen LogP contribution in [-0.4, -0.2) is 39.2 Å². The molecular formula is C35H25N3O5S. The van der Waals surface area contributed by atoms with Gasteiger partial charge < -0.3 is 19.7 Å². The Morgan fingerprint density at radius 1 is 0.909 bits per heavy atom. The topological polar surface area (TPSA) is 104 Å². The third-order valence-corrected chi connectivity index (χ3v) is 8.65. The zero-order chi connectivity index (χ0) is 31.0. The van der Waals surface area contributed by atoms with Gasteiger partial charge in [0.25, 0.3) is 11.6 Å². The van der Waals surface area contributed by atoms with Crippen molar-refractivity contribution >= 4 is 73.5 Å². The Hall–Kier alpha value is -5.72. The molecule has 216 valence electrons. The largest absolute Gasteiger partial charge is 0.480 e. The van der Waals surface area contributed by atoms with Crippen LogP contribution in [-0.2, 0) is 16.1 Å². The molecule has 6 aromatic rings. The number of rotatable bonds is 8. The molecule has 0 saturated heterocycles. The third-order valence-electron chi connectivity index (χ3n) is 7.57. The maximum Gasteiger partial charge on any atom is 0.335 e. The molecular weight excluding hydrogens is 574 g/mol. The average molecular weight is 600 g/mol. The molecule has 0 bridgehead atoms. The molecule has 2 N–H and O–H groups in total. The van der Waals surface area contributed by atoms with Gasteiger partial charge in [0.15, 0.2) is 0 Å². The van der Waals surface area contributed by atoms with Gasteiger partial charge in [-0.15, -0.1) is 11.3 Å². The normalized spacial score (nSPS) is 11.6. The van der Waals surface area contributed by atoms with Crippen molar-refractivity contribution in [1.82, 2.24) is 4.57 Å². The lowest BCUT2D eigenvalue weighted by atomic mass is 10.0. The summed E-state index contributed by atoms with van der Waals surface area (Å²) in [5.41, 5.74) is 3.25. The van der Waals surface area contributed by atoms with Crippen molar-refractivity contribution in [3.05, 3.63) is 119 Å². The van der Waals surface area contributed by atoms with E-state index in [9.17, 15) is 24.6 Å². The summed E-state index contributed by atoms with van der Waals surface area (Å²) in [5.74, 6) is -3.20. The smallest absolute Gasteiger partial charge is 0.335 e. The van der Waals surface area contributed by atoms with E-state index in [2.05, 4.69) is 64.9 Å². The number of carboxylic acids is 2. The van der Waals surface area contributed by atoms with Crippen molar-refractivity contribution < 1.29 is 24.6 Å². The minimum absolute atomic E-state index is 0.00540. The van der Waals surface area contributed by atoms with Crippen molar-refractivity contribution in [3.63, 3.8) is 0 Å². The molecule has 8 nitrogen and oxygen atoms in total. The number of aromatic nitrogens is 1. The predicted octanol–water partition coefficient (Wildman–Crippen LogP) is 7.77. The Kier molecular flexibility index (Phi) is 7.43. The van der Waals surface area contributed by atoms with E-state index in [1.807, 2.05) is 18.2 Å². The molecule has 44 heavy (non-hydrogen) atoms. The number of nitrogens with zero attached hydrogens (tertiary/aromatic N) is 3. The maximum absolute atomic E-state index is 13.4. The number of carbonyl (C=O) groups excluding carboxylic acids is 1. The molecule has 0 aliphatic carbocycles. The molecule has 4 aromatic carbocycles. The number of carboxylic acid groups (broad SMARTS) is 2. The van der Waals surface area contributed by atoms with Gasteiger partial charge in [0.2, 0.25) is 0 Å². The molecule has 0 aliphatic heterocycles. The van der Waals surface area contributed by atoms with Gasteiger partial charge in [-0.2, -0.15) is 0 Å². The predicted molar refractivity (Wildman–Crippen MR) is 174 cm³/mol. The molecule has 2 heterocycles. The van der Waals surface area contributed by atoms with Crippen LogP contribution in [0.2, 0.25) is 0 Å². The maximum atomic E-state index is 13.4. The number of aryl methyl sites for hydroxylation is 1. The lowest BCUT2D eigenvalue weighted by molar-refractivity contribution is -0.136. The van der Waals surface area contributed by atoms with Gasteiger partial charge in [0, 0.05) is 43.8 Å². The van der Waals surface area contributed by atoms with Crippen LogP contribution >= 0.6 is 11.3 Å². The summed E-state index contributed by atoms with van der Waals surface area (Å²) < 4.78 is 2.31. The zero-order valence-electron chi connectivity index (χ0n) is 23.5. The van der Waals surface area contributed by atoms with E-state index < -0.39 is 24.4 Å². The number of hydrogen-bond acceptors (Lipinski definition) is 4. The second-order valence-corrected chi connectivity index (χ2v) is 11.3. The quantitative estimate of drug-likeness (QED) is 0.137. The lowest BCUT2D eigenvalue weighted by Gasteiger charge is -2.20. The standard InChI is InChI=1S/C35H25N3O5S/c1-3-37-29-15-11-23(18-27(29)33-26-7-5-4-6-21(26)10-16-30(33)37)31-17-14-25(44-31)19-28(36-2)34(41)38(20-32(39)40)24-12-8-22(9-13-24)35(42)43/h4-19H,3,20H2,1H3,(H,39,40)(H,42,43)/b28-19-. The first kappa shape index (κ1) is 28.4. The fourth-order valence-electron chi connectivity index (χ4n) is 5.56. The average Bonchev–Trinajstić information content (AvgIpc) is 3.64. The highest BCUT2D eigenvalue weighted by Gasteiger charge is 2.24. The molecule has 9 heteroatoms. The van der Waals surface area contributed by atoms with Crippen molar-refractivity contribution in [2.24, 2.45) is 0 Å². The van der Waals surface area contributed by atoms with Gasteiger partial charge >= 0.3 is 11.9 Å².